The number of piperidine rings is 1. The maximum Gasteiger partial charge on any atom is 0.260 e. The second kappa shape index (κ2) is 9.82. The van der Waals surface area contributed by atoms with Crippen LogP contribution < -0.4 is 4.74 Å². The number of amides is 1. The predicted molar refractivity (Wildman–Crippen MR) is 123 cm³/mol. The first-order valence-corrected chi connectivity index (χ1v) is 11.2. The van der Waals surface area contributed by atoms with E-state index in [0.29, 0.717) is 11.8 Å². The molecule has 3 aromatic rings. The minimum Gasteiger partial charge on any atom is -0.484 e. The van der Waals surface area contributed by atoms with Crippen molar-refractivity contribution in [3.63, 3.8) is 0 Å². The highest BCUT2D eigenvalue weighted by Gasteiger charge is 2.24. The quantitative estimate of drug-likeness (QED) is 0.544. The average molecular weight is 418 g/mol. The van der Waals surface area contributed by atoms with Gasteiger partial charge >= 0.3 is 0 Å². The molecule has 1 saturated heterocycles. The first-order valence-electron chi connectivity index (χ1n) is 11.2. The second-order valence-corrected chi connectivity index (χ2v) is 8.61. The van der Waals surface area contributed by atoms with E-state index in [4.69, 9.17) is 4.74 Å². The summed E-state index contributed by atoms with van der Waals surface area (Å²) in [7, 11) is 0. The average Bonchev–Trinajstić information content (AvgIpc) is 3.27. The summed E-state index contributed by atoms with van der Waals surface area (Å²) in [5.41, 5.74) is 2.41. The van der Waals surface area contributed by atoms with Crippen LogP contribution in [0.5, 0.6) is 5.75 Å². The summed E-state index contributed by atoms with van der Waals surface area (Å²) in [4.78, 5) is 19.1. The smallest absolute Gasteiger partial charge is 0.260 e. The molecule has 1 amide bonds. The van der Waals surface area contributed by atoms with Gasteiger partial charge in [0.25, 0.3) is 5.91 Å². The predicted octanol–water partition coefficient (Wildman–Crippen LogP) is 4.99. The zero-order valence-corrected chi connectivity index (χ0v) is 18.4. The zero-order chi connectivity index (χ0) is 21.6. The molecule has 0 unspecified atom stereocenters. The van der Waals surface area contributed by atoms with Crippen molar-refractivity contribution >= 4 is 5.91 Å². The fraction of sp³-hybridized carbons (Fsp3) is 0.385. The molecule has 0 atom stereocenters. The number of ether oxygens (including phenoxy) is 1. The monoisotopic (exact) mass is 417 g/mol. The van der Waals surface area contributed by atoms with Crippen LogP contribution >= 0.6 is 0 Å². The fourth-order valence-corrected chi connectivity index (χ4v) is 4.13. The van der Waals surface area contributed by atoms with Crippen LogP contribution in [0.3, 0.4) is 0 Å². The first kappa shape index (κ1) is 21.2. The summed E-state index contributed by atoms with van der Waals surface area (Å²) < 4.78 is 7.97. The van der Waals surface area contributed by atoms with Gasteiger partial charge < -0.3 is 14.2 Å². The number of nitrogens with zero attached hydrogens (tertiary/aromatic N) is 3. The van der Waals surface area contributed by atoms with E-state index in [-0.39, 0.29) is 12.5 Å². The van der Waals surface area contributed by atoms with E-state index in [1.165, 1.54) is 5.56 Å². The first-order chi connectivity index (χ1) is 15.1. The number of rotatable bonds is 7. The fourth-order valence-electron chi connectivity index (χ4n) is 4.13. The van der Waals surface area contributed by atoms with E-state index in [2.05, 4.69) is 53.9 Å². The molecule has 1 fully saturated rings. The molecule has 1 aliphatic rings. The van der Waals surface area contributed by atoms with Crippen molar-refractivity contribution in [2.45, 2.75) is 39.2 Å². The van der Waals surface area contributed by atoms with Gasteiger partial charge in [-0.05, 0) is 42.4 Å². The molecule has 0 radical (unpaired) electrons. The van der Waals surface area contributed by atoms with Gasteiger partial charge in [0.2, 0.25) is 0 Å². The lowest BCUT2D eigenvalue weighted by Gasteiger charge is -2.32. The molecule has 0 spiro atoms. The molecule has 0 bridgehead atoms. The standard InChI is InChI=1S/C26H31N3O2/c1-20(2)22-8-10-24(11-9-22)31-19-25(30)28-15-12-21(13-16-28)18-29-17-14-27-26(29)23-6-4-3-5-7-23/h3-11,14,17,20-21H,12-13,15-16,18-19H2,1-2H3. The minimum atomic E-state index is 0.0685. The van der Waals surface area contributed by atoms with E-state index < -0.39 is 0 Å². The molecular weight excluding hydrogens is 386 g/mol. The summed E-state index contributed by atoms with van der Waals surface area (Å²) in [6, 6.07) is 18.3. The molecule has 0 N–H and O–H groups in total. The summed E-state index contributed by atoms with van der Waals surface area (Å²) in [5.74, 6) is 2.87. The summed E-state index contributed by atoms with van der Waals surface area (Å²) in [6.07, 6.45) is 5.92. The largest absolute Gasteiger partial charge is 0.484 e. The summed E-state index contributed by atoms with van der Waals surface area (Å²) in [5, 5.41) is 0. The molecular formula is C26H31N3O2. The minimum absolute atomic E-state index is 0.0685. The van der Waals surface area contributed by atoms with Crippen LogP contribution in [0, 0.1) is 5.92 Å². The van der Waals surface area contributed by atoms with Gasteiger partial charge in [0, 0.05) is 37.6 Å². The molecule has 5 heteroatoms. The third-order valence-corrected chi connectivity index (χ3v) is 6.08. The van der Waals surface area contributed by atoms with E-state index in [9.17, 15) is 4.79 Å². The topological polar surface area (TPSA) is 47.4 Å². The van der Waals surface area contributed by atoms with Crippen LogP contribution in [0.2, 0.25) is 0 Å². The van der Waals surface area contributed by atoms with Crippen molar-refractivity contribution in [2.75, 3.05) is 19.7 Å². The van der Waals surface area contributed by atoms with E-state index >= 15 is 0 Å². The van der Waals surface area contributed by atoms with E-state index in [1.807, 2.05) is 41.4 Å². The van der Waals surface area contributed by atoms with Gasteiger partial charge in [0.15, 0.2) is 6.61 Å². The van der Waals surface area contributed by atoms with Crippen molar-refractivity contribution in [1.82, 2.24) is 14.5 Å². The van der Waals surface area contributed by atoms with Crippen LogP contribution in [0.15, 0.2) is 67.0 Å². The molecule has 1 aliphatic heterocycles. The third-order valence-electron chi connectivity index (χ3n) is 6.08. The summed E-state index contributed by atoms with van der Waals surface area (Å²) in [6.45, 7) is 6.94. The molecule has 1 aromatic heterocycles. The Morgan fingerprint density at radius 2 is 1.77 bits per heavy atom. The van der Waals surface area contributed by atoms with Gasteiger partial charge in [0.1, 0.15) is 11.6 Å². The molecule has 2 aromatic carbocycles. The van der Waals surface area contributed by atoms with Crippen molar-refractivity contribution in [2.24, 2.45) is 5.92 Å². The number of aromatic nitrogens is 2. The Balaban J connectivity index is 1.25. The lowest BCUT2D eigenvalue weighted by molar-refractivity contribution is -0.134. The maximum absolute atomic E-state index is 12.6. The van der Waals surface area contributed by atoms with Crippen LogP contribution in [-0.2, 0) is 11.3 Å². The maximum atomic E-state index is 12.6. The number of likely N-dealkylation sites (tertiary alicyclic amines) is 1. The Hall–Kier alpha value is -3.08. The molecule has 4 rings (SSSR count). The molecule has 2 heterocycles. The lowest BCUT2D eigenvalue weighted by Crippen LogP contribution is -2.41. The van der Waals surface area contributed by atoms with Gasteiger partial charge in [0.05, 0.1) is 0 Å². The van der Waals surface area contributed by atoms with E-state index in [0.717, 1.165) is 49.6 Å². The number of carbonyl (C=O) groups excluding carboxylic acids is 1. The Bertz CT molecular complexity index is 971. The van der Waals surface area contributed by atoms with Crippen molar-refractivity contribution in [3.8, 4) is 17.1 Å². The van der Waals surface area contributed by atoms with Gasteiger partial charge in [-0.25, -0.2) is 4.98 Å². The number of hydrogen-bond acceptors (Lipinski definition) is 3. The summed E-state index contributed by atoms with van der Waals surface area (Å²) >= 11 is 0. The van der Waals surface area contributed by atoms with E-state index in [1.54, 1.807) is 0 Å². The van der Waals surface area contributed by atoms with Gasteiger partial charge in [-0.1, -0.05) is 56.3 Å². The highest BCUT2D eigenvalue weighted by molar-refractivity contribution is 5.77. The number of imidazole rings is 1. The molecule has 0 aliphatic carbocycles. The number of benzene rings is 2. The lowest BCUT2D eigenvalue weighted by atomic mass is 9.96. The molecule has 5 nitrogen and oxygen atoms in total. The normalized spacial score (nSPS) is 14.7. The number of carbonyl (C=O) groups is 1. The Morgan fingerprint density at radius 1 is 1.06 bits per heavy atom. The Morgan fingerprint density at radius 3 is 2.45 bits per heavy atom. The molecule has 0 saturated carbocycles. The highest BCUT2D eigenvalue weighted by Crippen LogP contribution is 2.24. The SMILES string of the molecule is CC(C)c1ccc(OCC(=O)N2CCC(Cn3ccnc3-c3ccccc3)CC2)cc1. The van der Waals surface area contributed by atoms with Crippen LogP contribution in [0.1, 0.15) is 38.2 Å². The Kier molecular flexibility index (Phi) is 6.70. The van der Waals surface area contributed by atoms with Crippen LogP contribution in [0.25, 0.3) is 11.4 Å². The molecule has 162 valence electrons. The van der Waals surface area contributed by atoms with Crippen LogP contribution in [-0.4, -0.2) is 40.1 Å². The van der Waals surface area contributed by atoms with Crippen LogP contribution in [0.4, 0.5) is 0 Å². The molecule has 31 heavy (non-hydrogen) atoms. The Labute approximate surface area is 184 Å². The highest BCUT2D eigenvalue weighted by atomic mass is 16.5. The van der Waals surface area contributed by atoms with Gasteiger partial charge in [-0.2, -0.15) is 0 Å². The van der Waals surface area contributed by atoms with Crippen molar-refractivity contribution < 1.29 is 9.53 Å². The van der Waals surface area contributed by atoms with Crippen molar-refractivity contribution in [3.05, 3.63) is 72.6 Å². The third kappa shape index (κ3) is 5.35. The van der Waals surface area contributed by atoms with Crippen molar-refractivity contribution in [1.29, 1.82) is 0 Å². The zero-order valence-electron chi connectivity index (χ0n) is 18.4. The van der Waals surface area contributed by atoms with Gasteiger partial charge in [-0.3, -0.25) is 4.79 Å². The van der Waals surface area contributed by atoms with Gasteiger partial charge in [-0.15, -0.1) is 0 Å². The second-order valence-electron chi connectivity index (χ2n) is 8.61. The number of hydrogen-bond donors (Lipinski definition) is 0.